The van der Waals surface area contributed by atoms with Crippen LogP contribution in [0.5, 0.6) is 0 Å². The lowest BCUT2D eigenvalue weighted by molar-refractivity contribution is -0.137. The Kier molecular flexibility index (Phi) is 3.73. The second-order valence-corrected chi connectivity index (χ2v) is 4.48. The Hall–Kier alpha value is -1.43. The van der Waals surface area contributed by atoms with Gasteiger partial charge in [-0.2, -0.15) is 4.98 Å². The van der Waals surface area contributed by atoms with E-state index in [2.05, 4.69) is 22.1 Å². The summed E-state index contributed by atoms with van der Waals surface area (Å²) in [7, 11) is 2.10. The summed E-state index contributed by atoms with van der Waals surface area (Å²) in [6, 6.07) is 0.475. The average molecular weight is 239 g/mol. The number of carboxylic acid groups (broad SMARTS) is 1. The fourth-order valence-corrected chi connectivity index (χ4v) is 2.13. The molecule has 17 heavy (non-hydrogen) atoms. The van der Waals surface area contributed by atoms with Crippen molar-refractivity contribution in [3.63, 3.8) is 0 Å². The molecule has 1 fully saturated rings. The maximum atomic E-state index is 10.4. The van der Waals surface area contributed by atoms with Crippen LogP contribution in [0.3, 0.4) is 0 Å². The molecule has 94 valence electrons. The van der Waals surface area contributed by atoms with E-state index < -0.39 is 5.97 Å². The maximum absolute atomic E-state index is 10.4. The molecular formula is C11H17N3O3. The van der Waals surface area contributed by atoms with Crippen molar-refractivity contribution in [2.45, 2.75) is 38.1 Å². The van der Waals surface area contributed by atoms with Crippen molar-refractivity contribution in [1.82, 2.24) is 15.0 Å². The molecule has 1 saturated heterocycles. The van der Waals surface area contributed by atoms with Crippen LogP contribution < -0.4 is 0 Å². The van der Waals surface area contributed by atoms with E-state index in [1.165, 1.54) is 6.42 Å². The summed E-state index contributed by atoms with van der Waals surface area (Å²) >= 11 is 0. The highest BCUT2D eigenvalue weighted by molar-refractivity contribution is 5.66. The number of hydrogen-bond donors (Lipinski definition) is 1. The summed E-state index contributed by atoms with van der Waals surface area (Å²) in [5.41, 5.74) is 0. The highest BCUT2D eigenvalue weighted by atomic mass is 16.5. The first-order chi connectivity index (χ1) is 8.15. The van der Waals surface area contributed by atoms with Crippen molar-refractivity contribution >= 4 is 5.97 Å². The van der Waals surface area contributed by atoms with Crippen molar-refractivity contribution < 1.29 is 14.4 Å². The van der Waals surface area contributed by atoms with Gasteiger partial charge in [-0.15, -0.1) is 0 Å². The number of carboxylic acids is 1. The summed E-state index contributed by atoms with van der Waals surface area (Å²) in [6.07, 6.45) is 3.50. The highest BCUT2D eigenvalue weighted by Crippen LogP contribution is 2.18. The normalized spacial score (nSPS) is 20.9. The highest BCUT2D eigenvalue weighted by Gasteiger charge is 2.23. The lowest BCUT2D eigenvalue weighted by Crippen LogP contribution is -2.26. The number of likely N-dealkylation sites (N-methyl/N-ethyl adjacent to an activating group) is 1. The molecule has 1 unspecified atom stereocenters. The molecule has 0 amide bonds. The van der Waals surface area contributed by atoms with Crippen LogP contribution >= 0.6 is 0 Å². The van der Waals surface area contributed by atoms with Crippen LogP contribution in [0.25, 0.3) is 0 Å². The maximum Gasteiger partial charge on any atom is 0.303 e. The standard InChI is InChI=1S/C11H17N3O3/c1-14-6-2-3-8(14)7-10-12-9(13-17-10)4-5-11(15)16/h8H,2-7H2,1H3,(H,15,16). The number of aliphatic carboxylic acids is 1. The average Bonchev–Trinajstić information content (AvgIpc) is 2.87. The SMILES string of the molecule is CN1CCCC1Cc1nc(CCC(=O)O)no1. The Morgan fingerprint density at radius 3 is 3.12 bits per heavy atom. The Morgan fingerprint density at radius 2 is 2.47 bits per heavy atom. The largest absolute Gasteiger partial charge is 0.481 e. The van der Waals surface area contributed by atoms with Gasteiger partial charge in [0.05, 0.1) is 6.42 Å². The fraction of sp³-hybridized carbons (Fsp3) is 0.727. The lowest BCUT2D eigenvalue weighted by atomic mass is 10.1. The molecule has 0 radical (unpaired) electrons. The van der Waals surface area contributed by atoms with Gasteiger partial charge in [0.15, 0.2) is 5.82 Å². The zero-order valence-electron chi connectivity index (χ0n) is 9.93. The summed E-state index contributed by atoms with van der Waals surface area (Å²) < 4.78 is 5.13. The molecule has 1 aliphatic heterocycles. The molecule has 0 bridgehead atoms. The summed E-state index contributed by atoms with van der Waals surface area (Å²) in [6.45, 7) is 1.12. The molecule has 1 N–H and O–H groups in total. The van der Waals surface area contributed by atoms with Gasteiger partial charge in [-0.3, -0.25) is 4.79 Å². The molecule has 1 atom stereocenters. The zero-order chi connectivity index (χ0) is 12.3. The summed E-state index contributed by atoms with van der Waals surface area (Å²) in [4.78, 5) is 16.9. The van der Waals surface area contributed by atoms with Crippen molar-refractivity contribution in [2.75, 3.05) is 13.6 Å². The van der Waals surface area contributed by atoms with Crippen LogP contribution in [-0.4, -0.2) is 45.8 Å². The van der Waals surface area contributed by atoms with Crippen LogP contribution in [-0.2, 0) is 17.6 Å². The van der Waals surface area contributed by atoms with Crippen LogP contribution in [0.2, 0.25) is 0 Å². The van der Waals surface area contributed by atoms with Crippen molar-refractivity contribution in [1.29, 1.82) is 0 Å². The van der Waals surface area contributed by atoms with E-state index >= 15 is 0 Å². The van der Waals surface area contributed by atoms with Crippen molar-refractivity contribution in [3.8, 4) is 0 Å². The number of likely N-dealkylation sites (tertiary alicyclic amines) is 1. The Balaban J connectivity index is 1.87. The van der Waals surface area contributed by atoms with Crippen molar-refractivity contribution in [2.24, 2.45) is 0 Å². The Bertz CT molecular complexity index is 391. The van der Waals surface area contributed by atoms with Crippen molar-refractivity contribution in [3.05, 3.63) is 11.7 Å². The van der Waals surface area contributed by atoms with Gasteiger partial charge in [-0.1, -0.05) is 5.16 Å². The van der Waals surface area contributed by atoms with Gasteiger partial charge in [0.1, 0.15) is 0 Å². The van der Waals surface area contributed by atoms with Gasteiger partial charge in [0.25, 0.3) is 0 Å². The zero-order valence-corrected chi connectivity index (χ0v) is 9.93. The van der Waals surface area contributed by atoms with E-state index in [9.17, 15) is 4.79 Å². The number of aryl methyl sites for hydroxylation is 1. The first-order valence-electron chi connectivity index (χ1n) is 5.88. The molecule has 1 aromatic heterocycles. The topological polar surface area (TPSA) is 79.5 Å². The Morgan fingerprint density at radius 1 is 1.65 bits per heavy atom. The predicted octanol–water partition coefficient (Wildman–Crippen LogP) is 0.723. The van der Waals surface area contributed by atoms with Crippen LogP contribution in [0.4, 0.5) is 0 Å². The first-order valence-corrected chi connectivity index (χ1v) is 5.88. The van der Waals surface area contributed by atoms with Gasteiger partial charge in [0, 0.05) is 18.9 Å². The van der Waals surface area contributed by atoms with Crippen LogP contribution in [0.15, 0.2) is 4.52 Å². The third kappa shape index (κ3) is 3.26. The second kappa shape index (κ2) is 5.27. The number of aromatic nitrogens is 2. The minimum Gasteiger partial charge on any atom is -0.481 e. The molecule has 6 heteroatoms. The minimum atomic E-state index is -0.841. The lowest BCUT2D eigenvalue weighted by Gasteiger charge is -2.16. The Labute approximate surface area is 99.6 Å². The van der Waals surface area contributed by atoms with Gasteiger partial charge in [-0.25, -0.2) is 0 Å². The molecule has 1 aliphatic rings. The van der Waals surface area contributed by atoms with E-state index in [0.29, 0.717) is 24.2 Å². The molecule has 2 heterocycles. The van der Waals surface area contributed by atoms with E-state index in [1.54, 1.807) is 0 Å². The molecule has 6 nitrogen and oxygen atoms in total. The third-order valence-electron chi connectivity index (χ3n) is 3.15. The summed E-state index contributed by atoms with van der Waals surface area (Å²) in [5, 5.41) is 12.3. The molecule has 0 saturated carbocycles. The van der Waals surface area contributed by atoms with Crippen LogP contribution in [0, 0.1) is 0 Å². The number of nitrogens with zero attached hydrogens (tertiary/aromatic N) is 3. The molecule has 0 aliphatic carbocycles. The molecule has 1 aromatic rings. The second-order valence-electron chi connectivity index (χ2n) is 4.48. The number of hydrogen-bond acceptors (Lipinski definition) is 5. The van der Waals surface area contributed by atoms with E-state index in [0.717, 1.165) is 19.4 Å². The smallest absolute Gasteiger partial charge is 0.303 e. The monoisotopic (exact) mass is 239 g/mol. The number of rotatable bonds is 5. The molecular weight excluding hydrogens is 222 g/mol. The third-order valence-corrected chi connectivity index (χ3v) is 3.15. The minimum absolute atomic E-state index is 0.0440. The molecule has 0 spiro atoms. The van der Waals surface area contributed by atoms with E-state index in [-0.39, 0.29) is 6.42 Å². The van der Waals surface area contributed by atoms with Gasteiger partial charge in [-0.05, 0) is 26.4 Å². The first kappa shape index (κ1) is 12.0. The summed E-state index contributed by atoms with van der Waals surface area (Å²) in [5.74, 6) is 0.263. The van der Waals surface area contributed by atoms with E-state index in [4.69, 9.17) is 9.63 Å². The molecule has 2 rings (SSSR count). The number of carbonyl (C=O) groups is 1. The fourth-order valence-electron chi connectivity index (χ4n) is 2.13. The van der Waals surface area contributed by atoms with Crippen LogP contribution in [0.1, 0.15) is 31.0 Å². The van der Waals surface area contributed by atoms with Gasteiger partial charge in [0.2, 0.25) is 5.89 Å². The van der Waals surface area contributed by atoms with Gasteiger partial charge < -0.3 is 14.5 Å². The predicted molar refractivity (Wildman–Crippen MR) is 59.6 cm³/mol. The van der Waals surface area contributed by atoms with Gasteiger partial charge >= 0.3 is 5.97 Å². The molecule has 0 aromatic carbocycles. The quantitative estimate of drug-likeness (QED) is 0.815. The van der Waals surface area contributed by atoms with E-state index in [1.807, 2.05) is 0 Å².